The second-order valence-corrected chi connectivity index (χ2v) is 6.73. The molecular weight excluding hydrogens is 300 g/mol. The Morgan fingerprint density at radius 2 is 1.86 bits per heavy atom. The number of benzene rings is 2. The van der Waals surface area contributed by atoms with Crippen LogP contribution in [0.5, 0.6) is 0 Å². The predicted molar refractivity (Wildman–Crippen MR) is 89.8 cm³/mol. The van der Waals surface area contributed by atoms with Gasteiger partial charge < -0.3 is 5.32 Å². The first kappa shape index (κ1) is 12.6. The van der Waals surface area contributed by atoms with Crippen LogP contribution in [0.25, 0.3) is 16.2 Å². The van der Waals surface area contributed by atoms with Gasteiger partial charge in [-0.15, -0.1) is 11.3 Å². The Morgan fingerprint density at radius 3 is 2.76 bits per heavy atom. The molecule has 2 aromatic carbocycles. The molecule has 1 aliphatic heterocycles. The minimum atomic E-state index is -0.170. The van der Waals surface area contributed by atoms with Crippen molar-refractivity contribution in [2.24, 2.45) is 0 Å². The predicted octanol–water partition coefficient (Wildman–Crippen LogP) is 4.17. The number of nitrogens with one attached hydrogen (secondary N) is 1. The molecule has 0 radical (unpaired) electrons. The smallest absolute Gasteiger partial charge is 0.279 e. The highest BCUT2D eigenvalue weighted by Gasteiger charge is 2.15. The largest absolute Gasteiger partial charge is 0.349 e. The third-order valence-corrected chi connectivity index (χ3v) is 5.17. The van der Waals surface area contributed by atoms with Crippen molar-refractivity contribution in [3.05, 3.63) is 68.9 Å². The van der Waals surface area contributed by atoms with E-state index in [4.69, 9.17) is 0 Å². The fourth-order valence-corrected chi connectivity index (χ4v) is 4.16. The van der Waals surface area contributed by atoms with Crippen LogP contribution in [0.15, 0.2) is 63.3 Å². The van der Waals surface area contributed by atoms with E-state index in [-0.39, 0.29) is 5.56 Å². The number of anilines is 1. The van der Waals surface area contributed by atoms with Crippen LogP contribution in [0.4, 0.5) is 5.69 Å². The molecule has 3 nitrogen and oxygen atoms in total. The van der Waals surface area contributed by atoms with Gasteiger partial charge in [0.15, 0.2) is 0 Å². The lowest BCUT2D eigenvalue weighted by atomic mass is 10.3. The number of para-hydroxylation sites is 1. The lowest BCUT2D eigenvalue weighted by Gasteiger charge is -1.99. The Balaban J connectivity index is 1.76. The highest BCUT2D eigenvalue weighted by molar-refractivity contribution is 8.03. The van der Waals surface area contributed by atoms with Crippen molar-refractivity contribution in [1.29, 1.82) is 0 Å². The molecule has 5 heteroatoms. The first-order chi connectivity index (χ1) is 10.3. The van der Waals surface area contributed by atoms with Crippen molar-refractivity contribution in [2.45, 2.75) is 4.90 Å². The lowest BCUT2D eigenvalue weighted by molar-refractivity contribution is 1.29. The van der Waals surface area contributed by atoms with Crippen molar-refractivity contribution in [3.8, 4) is 0 Å². The van der Waals surface area contributed by atoms with Gasteiger partial charge in [-0.05, 0) is 24.3 Å². The van der Waals surface area contributed by atoms with Crippen LogP contribution < -0.4 is 10.9 Å². The Hall–Kier alpha value is -2.11. The lowest BCUT2D eigenvalue weighted by Crippen LogP contribution is -2.06. The first-order valence-electron chi connectivity index (χ1n) is 6.45. The second kappa shape index (κ2) is 5.02. The number of hydrogen-bond donors (Lipinski definition) is 1. The van der Waals surface area contributed by atoms with Crippen LogP contribution in [0.1, 0.15) is 5.01 Å². The summed E-state index contributed by atoms with van der Waals surface area (Å²) in [7, 11) is 0. The molecule has 0 atom stereocenters. The van der Waals surface area contributed by atoms with E-state index in [0.29, 0.717) is 5.39 Å². The van der Waals surface area contributed by atoms with Crippen LogP contribution >= 0.6 is 23.1 Å². The number of aromatic nitrogens is 1. The zero-order valence-corrected chi connectivity index (χ0v) is 12.5. The van der Waals surface area contributed by atoms with Crippen molar-refractivity contribution < 1.29 is 0 Å². The molecule has 102 valence electrons. The fraction of sp³-hybridized carbons (Fsp3) is 0. The monoisotopic (exact) mass is 310 g/mol. The van der Waals surface area contributed by atoms with Gasteiger partial charge in [-0.2, -0.15) is 4.98 Å². The van der Waals surface area contributed by atoms with Gasteiger partial charge in [0.1, 0.15) is 5.01 Å². The Labute approximate surface area is 129 Å². The van der Waals surface area contributed by atoms with Gasteiger partial charge in [-0.1, -0.05) is 36.0 Å². The molecule has 0 spiro atoms. The second-order valence-electron chi connectivity index (χ2n) is 4.59. The summed E-state index contributed by atoms with van der Waals surface area (Å²) in [6, 6.07) is 15.7. The number of thioether (sulfide) groups is 1. The zero-order chi connectivity index (χ0) is 14.2. The van der Waals surface area contributed by atoms with E-state index in [0.717, 1.165) is 20.4 Å². The summed E-state index contributed by atoms with van der Waals surface area (Å²) in [6.07, 6.45) is 1.93. The summed E-state index contributed by atoms with van der Waals surface area (Å²) in [5.41, 5.74) is 0.929. The molecule has 0 saturated heterocycles. The molecule has 0 aliphatic carbocycles. The van der Waals surface area contributed by atoms with Crippen LogP contribution in [-0.2, 0) is 0 Å². The average molecular weight is 310 g/mol. The van der Waals surface area contributed by atoms with Gasteiger partial charge >= 0.3 is 0 Å². The molecule has 0 bridgehead atoms. The summed E-state index contributed by atoms with van der Waals surface area (Å²) in [6.45, 7) is 0. The van der Waals surface area contributed by atoms with Crippen molar-refractivity contribution in [2.75, 3.05) is 5.32 Å². The van der Waals surface area contributed by atoms with E-state index < -0.39 is 0 Å². The number of rotatable bonds is 1. The standard InChI is InChI=1S/C16H10N2OS2/c19-16-10-5-1-3-7-12(10)20-15(18-16)9-14-17-11-6-2-4-8-13(11)21-14/h1-9,17H/b14-9-. The summed E-state index contributed by atoms with van der Waals surface area (Å²) in [5, 5.41) is 5.74. The van der Waals surface area contributed by atoms with Crippen LogP contribution in [0.2, 0.25) is 0 Å². The van der Waals surface area contributed by atoms with Crippen LogP contribution in [0, 0.1) is 0 Å². The number of nitrogens with zero attached hydrogens (tertiary/aromatic N) is 1. The van der Waals surface area contributed by atoms with E-state index >= 15 is 0 Å². The quantitative estimate of drug-likeness (QED) is 0.732. The Bertz CT molecular complexity index is 904. The maximum absolute atomic E-state index is 12.0. The van der Waals surface area contributed by atoms with Gasteiger partial charge in [0, 0.05) is 15.7 Å². The minimum absolute atomic E-state index is 0.170. The maximum Gasteiger partial charge on any atom is 0.279 e. The number of fused-ring (bicyclic) bond motifs is 2. The van der Waals surface area contributed by atoms with Crippen LogP contribution in [0.3, 0.4) is 0 Å². The molecule has 1 aliphatic rings. The average Bonchev–Trinajstić information content (AvgIpc) is 2.89. The minimum Gasteiger partial charge on any atom is -0.349 e. The normalized spacial score (nSPS) is 15.1. The van der Waals surface area contributed by atoms with Gasteiger partial charge in [0.25, 0.3) is 5.56 Å². The number of hydrogen-bond acceptors (Lipinski definition) is 5. The summed E-state index contributed by atoms with van der Waals surface area (Å²) in [4.78, 5) is 17.4. The highest BCUT2D eigenvalue weighted by atomic mass is 32.2. The summed E-state index contributed by atoms with van der Waals surface area (Å²) in [5.74, 6) is 0. The van der Waals surface area contributed by atoms with E-state index in [2.05, 4.69) is 16.4 Å². The molecule has 0 amide bonds. The molecule has 0 unspecified atom stereocenters. The third kappa shape index (κ3) is 2.34. The van der Waals surface area contributed by atoms with Crippen molar-refractivity contribution >= 4 is 44.9 Å². The van der Waals surface area contributed by atoms with Crippen molar-refractivity contribution in [3.63, 3.8) is 0 Å². The SMILES string of the molecule is O=c1nc(/C=C2/Nc3ccccc3S2)sc2ccccc12. The molecule has 3 aromatic rings. The van der Waals surface area contributed by atoms with Gasteiger partial charge in [0.05, 0.1) is 16.1 Å². The van der Waals surface area contributed by atoms with E-state index in [1.165, 1.54) is 16.2 Å². The maximum atomic E-state index is 12.0. The zero-order valence-electron chi connectivity index (χ0n) is 10.9. The van der Waals surface area contributed by atoms with Crippen LogP contribution in [-0.4, -0.2) is 4.98 Å². The molecular formula is C16H10N2OS2. The highest BCUT2D eigenvalue weighted by Crippen LogP contribution is 2.41. The van der Waals surface area contributed by atoms with E-state index in [1.807, 2.05) is 48.5 Å². The molecule has 2 heterocycles. The van der Waals surface area contributed by atoms with E-state index in [9.17, 15) is 4.79 Å². The van der Waals surface area contributed by atoms with E-state index in [1.54, 1.807) is 11.8 Å². The molecule has 4 rings (SSSR count). The fourth-order valence-electron chi connectivity index (χ4n) is 2.20. The van der Waals surface area contributed by atoms with Gasteiger partial charge in [0.2, 0.25) is 0 Å². The topological polar surface area (TPSA) is 42.0 Å². The summed E-state index contributed by atoms with van der Waals surface area (Å²) >= 11 is 3.18. The van der Waals surface area contributed by atoms with Crippen molar-refractivity contribution in [1.82, 2.24) is 4.98 Å². The molecule has 1 aromatic heterocycles. The molecule has 21 heavy (non-hydrogen) atoms. The third-order valence-electron chi connectivity index (χ3n) is 3.16. The molecule has 0 fully saturated rings. The van der Waals surface area contributed by atoms with Gasteiger partial charge in [-0.3, -0.25) is 4.79 Å². The van der Waals surface area contributed by atoms with Gasteiger partial charge in [-0.25, -0.2) is 0 Å². The summed E-state index contributed by atoms with van der Waals surface area (Å²) < 4.78 is 0.963. The molecule has 1 N–H and O–H groups in total. The Kier molecular flexibility index (Phi) is 3.02. The Morgan fingerprint density at radius 1 is 1.05 bits per heavy atom. The molecule has 0 saturated carbocycles. The first-order valence-corrected chi connectivity index (χ1v) is 8.08.